The van der Waals surface area contributed by atoms with Crippen LogP contribution in [-0.2, 0) is 6.42 Å². The van der Waals surface area contributed by atoms with Crippen LogP contribution in [-0.4, -0.2) is 16.2 Å². The van der Waals surface area contributed by atoms with E-state index in [-0.39, 0.29) is 5.76 Å². The number of carboxylic acids is 1. The summed E-state index contributed by atoms with van der Waals surface area (Å²) in [6.07, 6.45) is 0.399. The van der Waals surface area contributed by atoms with Gasteiger partial charge in [0.25, 0.3) is 5.76 Å². The van der Waals surface area contributed by atoms with Gasteiger partial charge in [0.15, 0.2) is 0 Å². The molecule has 0 saturated heterocycles. The highest BCUT2D eigenvalue weighted by Crippen LogP contribution is 2.13. The maximum absolute atomic E-state index is 11.0. The standard InChI is InChI=1S/C8H8O5/c1-2-4-3-5(9)6(10)7(13-4)8(11)12/h3,10H,2H2,1H3,(H,11,12). The van der Waals surface area contributed by atoms with E-state index in [0.717, 1.165) is 6.07 Å². The van der Waals surface area contributed by atoms with Crippen LogP contribution in [0.1, 0.15) is 23.2 Å². The molecule has 0 aromatic carbocycles. The number of hydrogen-bond donors (Lipinski definition) is 2. The van der Waals surface area contributed by atoms with Crippen molar-refractivity contribution in [1.82, 2.24) is 0 Å². The molecule has 0 aliphatic carbocycles. The molecule has 0 unspecified atom stereocenters. The van der Waals surface area contributed by atoms with E-state index >= 15 is 0 Å². The molecule has 0 fully saturated rings. The molecular formula is C8H8O5. The van der Waals surface area contributed by atoms with Crippen LogP contribution in [0, 0.1) is 0 Å². The van der Waals surface area contributed by atoms with Crippen LogP contribution in [0.25, 0.3) is 0 Å². The van der Waals surface area contributed by atoms with Crippen LogP contribution in [0.4, 0.5) is 0 Å². The van der Waals surface area contributed by atoms with Gasteiger partial charge in [-0.2, -0.15) is 0 Å². The highest BCUT2D eigenvalue weighted by Gasteiger charge is 2.16. The number of aryl methyl sites for hydroxylation is 1. The van der Waals surface area contributed by atoms with Crippen LogP contribution in [0.15, 0.2) is 15.3 Å². The third-order valence-electron chi connectivity index (χ3n) is 1.52. The molecule has 13 heavy (non-hydrogen) atoms. The number of rotatable bonds is 2. The number of carboxylic acid groups (broad SMARTS) is 1. The Kier molecular flexibility index (Phi) is 2.36. The van der Waals surface area contributed by atoms with Gasteiger partial charge >= 0.3 is 5.97 Å². The molecule has 1 heterocycles. The Morgan fingerprint density at radius 3 is 2.69 bits per heavy atom. The second-order valence-corrected chi connectivity index (χ2v) is 2.41. The first-order valence-electron chi connectivity index (χ1n) is 3.65. The molecule has 0 aliphatic heterocycles. The molecule has 5 heteroatoms. The van der Waals surface area contributed by atoms with E-state index in [0.29, 0.717) is 6.42 Å². The Labute approximate surface area is 73.2 Å². The fourth-order valence-electron chi connectivity index (χ4n) is 0.855. The van der Waals surface area contributed by atoms with Gasteiger partial charge in [-0.3, -0.25) is 4.79 Å². The summed E-state index contributed by atoms with van der Waals surface area (Å²) >= 11 is 0. The molecule has 0 saturated carbocycles. The molecule has 0 spiro atoms. The summed E-state index contributed by atoms with van der Waals surface area (Å²) in [5, 5.41) is 17.5. The summed E-state index contributed by atoms with van der Waals surface area (Å²) in [7, 11) is 0. The lowest BCUT2D eigenvalue weighted by atomic mass is 10.3. The Morgan fingerprint density at radius 1 is 1.62 bits per heavy atom. The van der Waals surface area contributed by atoms with Crippen molar-refractivity contribution < 1.29 is 19.4 Å². The molecule has 1 aromatic rings. The fourth-order valence-corrected chi connectivity index (χ4v) is 0.855. The summed E-state index contributed by atoms with van der Waals surface area (Å²) < 4.78 is 4.75. The highest BCUT2D eigenvalue weighted by molar-refractivity contribution is 5.87. The lowest BCUT2D eigenvalue weighted by Gasteiger charge is -1.99. The van der Waals surface area contributed by atoms with Gasteiger partial charge in [0.1, 0.15) is 5.76 Å². The smallest absolute Gasteiger partial charge is 0.375 e. The lowest BCUT2D eigenvalue weighted by molar-refractivity contribution is 0.0651. The first kappa shape index (κ1) is 9.31. The van der Waals surface area contributed by atoms with E-state index in [4.69, 9.17) is 14.6 Å². The summed E-state index contributed by atoms with van der Waals surface area (Å²) in [4.78, 5) is 21.4. The predicted molar refractivity (Wildman–Crippen MR) is 43.0 cm³/mol. The number of aromatic carboxylic acids is 1. The molecule has 0 aliphatic rings. The average molecular weight is 184 g/mol. The number of aromatic hydroxyl groups is 1. The Morgan fingerprint density at radius 2 is 2.23 bits per heavy atom. The Hall–Kier alpha value is -1.78. The molecule has 0 radical (unpaired) electrons. The summed E-state index contributed by atoms with van der Waals surface area (Å²) in [5.74, 6) is -2.78. The van der Waals surface area contributed by atoms with E-state index < -0.39 is 22.9 Å². The van der Waals surface area contributed by atoms with E-state index in [1.165, 1.54) is 0 Å². The normalized spacial score (nSPS) is 9.92. The lowest BCUT2D eigenvalue weighted by Crippen LogP contribution is -2.08. The zero-order valence-corrected chi connectivity index (χ0v) is 6.90. The Balaban J connectivity index is 3.42. The van der Waals surface area contributed by atoms with Gasteiger partial charge in [-0.05, 0) is 0 Å². The van der Waals surface area contributed by atoms with Gasteiger partial charge in [-0.1, -0.05) is 6.92 Å². The quantitative estimate of drug-likeness (QED) is 0.702. The van der Waals surface area contributed by atoms with Crippen molar-refractivity contribution >= 4 is 5.97 Å². The van der Waals surface area contributed by atoms with Crippen molar-refractivity contribution in [1.29, 1.82) is 0 Å². The predicted octanol–water partition coefficient (Wildman–Crippen LogP) is 0.606. The third kappa shape index (κ3) is 1.69. The maximum atomic E-state index is 11.0. The second kappa shape index (κ2) is 3.30. The number of carbonyl (C=O) groups is 1. The second-order valence-electron chi connectivity index (χ2n) is 2.41. The number of hydrogen-bond acceptors (Lipinski definition) is 4. The summed E-state index contributed by atoms with van der Waals surface area (Å²) in [6, 6.07) is 1.07. The maximum Gasteiger partial charge on any atom is 0.375 e. The van der Waals surface area contributed by atoms with Crippen LogP contribution in [0.5, 0.6) is 5.75 Å². The molecule has 2 N–H and O–H groups in total. The van der Waals surface area contributed by atoms with Crippen LogP contribution in [0.3, 0.4) is 0 Å². The third-order valence-corrected chi connectivity index (χ3v) is 1.52. The van der Waals surface area contributed by atoms with E-state index in [9.17, 15) is 9.59 Å². The SMILES string of the molecule is CCc1cc(=O)c(O)c(C(=O)O)o1. The van der Waals surface area contributed by atoms with Crippen molar-refractivity contribution in [2.45, 2.75) is 13.3 Å². The van der Waals surface area contributed by atoms with Crippen molar-refractivity contribution in [3.8, 4) is 5.75 Å². The van der Waals surface area contributed by atoms with Crippen LogP contribution < -0.4 is 5.43 Å². The Bertz CT molecular complexity index is 390. The van der Waals surface area contributed by atoms with Gasteiger partial charge in [0, 0.05) is 12.5 Å². The zero-order valence-electron chi connectivity index (χ0n) is 6.90. The highest BCUT2D eigenvalue weighted by atomic mass is 16.4. The molecule has 0 bridgehead atoms. The average Bonchev–Trinajstić information content (AvgIpc) is 2.09. The minimum absolute atomic E-state index is 0.236. The van der Waals surface area contributed by atoms with Crippen LogP contribution >= 0.6 is 0 Å². The fraction of sp³-hybridized carbons (Fsp3) is 0.250. The van der Waals surface area contributed by atoms with Gasteiger partial charge in [-0.15, -0.1) is 0 Å². The van der Waals surface area contributed by atoms with Crippen molar-refractivity contribution in [2.24, 2.45) is 0 Å². The first-order chi connectivity index (χ1) is 6.06. The topological polar surface area (TPSA) is 87.7 Å². The van der Waals surface area contributed by atoms with Crippen molar-refractivity contribution in [3.63, 3.8) is 0 Å². The molecule has 0 atom stereocenters. The van der Waals surface area contributed by atoms with Gasteiger partial charge < -0.3 is 14.6 Å². The summed E-state index contributed by atoms with van der Waals surface area (Å²) in [6.45, 7) is 1.71. The van der Waals surface area contributed by atoms with E-state index in [2.05, 4.69) is 0 Å². The molecular weight excluding hydrogens is 176 g/mol. The van der Waals surface area contributed by atoms with Crippen molar-refractivity contribution in [2.75, 3.05) is 0 Å². The molecule has 1 aromatic heterocycles. The minimum Gasteiger partial charge on any atom is -0.501 e. The van der Waals surface area contributed by atoms with E-state index in [1.54, 1.807) is 6.92 Å². The molecule has 0 amide bonds. The van der Waals surface area contributed by atoms with Crippen LogP contribution in [0.2, 0.25) is 0 Å². The molecule has 70 valence electrons. The largest absolute Gasteiger partial charge is 0.501 e. The molecule has 1 rings (SSSR count). The van der Waals surface area contributed by atoms with E-state index in [1.807, 2.05) is 0 Å². The van der Waals surface area contributed by atoms with Gasteiger partial charge in [0.2, 0.25) is 11.2 Å². The first-order valence-corrected chi connectivity index (χ1v) is 3.65. The van der Waals surface area contributed by atoms with Gasteiger partial charge in [-0.25, -0.2) is 4.79 Å². The van der Waals surface area contributed by atoms with Gasteiger partial charge in [0.05, 0.1) is 0 Å². The monoisotopic (exact) mass is 184 g/mol. The summed E-state index contributed by atoms with van der Waals surface area (Å²) in [5.41, 5.74) is -0.736. The minimum atomic E-state index is -1.45. The zero-order chi connectivity index (χ0) is 10.0. The van der Waals surface area contributed by atoms with Crippen molar-refractivity contribution in [3.05, 3.63) is 27.8 Å². The molecule has 5 nitrogen and oxygen atoms in total.